The van der Waals surface area contributed by atoms with E-state index in [2.05, 4.69) is 17.4 Å². The van der Waals surface area contributed by atoms with E-state index in [9.17, 15) is 9.18 Å². The van der Waals surface area contributed by atoms with E-state index in [1.165, 1.54) is 20.3 Å². The molecule has 3 aromatic rings. The summed E-state index contributed by atoms with van der Waals surface area (Å²) in [6.07, 6.45) is 0.681. The lowest BCUT2D eigenvalue weighted by atomic mass is 9.81. The molecular formula is C28H30FNO4. The van der Waals surface area contributed by atoms with Crippen LogP contribution in [0.3, 0.4) is 0 Å². The number of para-hydroxylation sites is 1. The molecule has 2 unspecified atom stereocenters. The van der Waals surface area contributed by atoms with Gasteiger partial charge in [0.05, 0.1) is 19.8 Å². The Morgan fingerprint density at radius 2 is 1.88 bits per heavy atom. The number of fused-ring (bicyclic) bond motifs is 1. The first-order valence-electron chi connectivity index (χ1n) is 11.4. The summed E-state index contributed by atoms with van der Waals surface area (Å²) in [6.45, 7) is 4.61. The number of benzene rings is 3. The summed E-state index contributed by atoms with van der Waals surface area (Å²) in [6, 6.07) is 18.7. The number of ether oxygens (including phenoxy) is 3. The van der Waals surface area contributed by atoms with Crippen LogP contribution in [0.15, 0.2) is 60.7 Å². The van der Waals surface area contributed by atoms with Crippen molar-refractivity contribution in [3.63, 3.8) is 0 Å². The number of hydrogen-bond acceptors (Lipinski definition) is 5. The first-order chi connectivity index (χ1) is 16.4. The molecule has 34 heavy (non-hydrogen) atoms. The van der Waals surface area contributed by atoms with E-state index in [0.29, 0.717) is 12.1 Å². The molecule has 1 N–H and O–H groups in total. The number of esters is 1. The van der Waals surface area contributed by atoms with Gasteiger partial charge in [0, 0.05) is 24.1 Å². The minimum Gasteiger partial charge on any atom is -0.494 e. The van der Waals surface area contributed by atoms with E-state index in [1.807, 2.05) is 38.1 Å². The highest BCUT2D eigenvalue weighted by atomic mass is 19.1. The Labute approximate surface area is 199 Å². The van der Waals surface area contributed by atoms with Crippen molar-refractivity contribution in [2.24, 2.45) is 0 Å². The van der Waals surface area contributed by atoms with Crippen molar-refractivity contribution < 1.29 is 23.4 Å². The van der Waals surface area contributed by atoms with Crippen LogP contribution in [0.5, 0.6) is 11.5 Å². The van der Waals surface area contributed by atoms with Crippen LogP contribution in [0.4, 0.5) is 4.39 Å². The summed E-state index contributed by atoms with van der Waals surface area (Å²) >= 11 is 0. The molecule has 0 saturated carbocycles. The quantitative estimate of drug-likeness (QED) is 0.465. The van der Waals surface area contributed by atoms with Gasteiger partial charge < -0.3 is 19.5 Å². The normalized spacial score (nSPS) is 17.9. The SMILES string of the molecule is COC(=O)c1cccc(C2C[C@H](CNC(C)c3ccc(F)c(OC)c3)Oc3ccccc32)c1C. The standard InChI is InChI=1S/C28H30FNO4/c1-17-21(9-7-10-22(17)28(31)33-4)24-15-20(34-26-11-6-5-8-23(24)26)16-30-18(2)19-12-13-25(29)27(14-19)32-3/h5-14,18,20,24,30H,15-16H2,1-4H3/t18?,20-,24?/m1/s1. The molecular weight excluding hydrogens is 433 g/mol. The van der Waals surface area contributed by atoms with E-state index < -0.39 is 0 Å². The predicted octanol–water partition coefficient (Wildman–Crippen LogP) is 5.56. The van der Waals surface area contributed by atoms with Crippen LogP contribution in [0.25, 0.3) is 0 Å². The fourth-order valence-electron chi connectivity index (χ4n) is 4.65. The number of carbonyl (C=O) groups excluding carboxylic acids is 1. The van der Waals surface area contributed by atoms with Gasteiger partial charge in [-0.2, -0.15) is 0 Å². The van der Waals surface area contributed by atoms with Crippen LogP contribution in [-0.4, -0.2) is 32.8 Å². The highest BCUT2D eigenvalue weighted by Gasteiger charge is 2.31. The topological polar surface area (TPSA) is 56.8 Å². The van der Waals surface area contributed by atoms with Gasteiger partial charge in [0.1, 0.15) is 11.9 Å². The Kier molecular flexibility index (Phi) is 7.17. The minimum atomic E-state index is -0.377. The summed E-state index contributed by atoms with van der Waals surface area (Å²) in [7, 11) is 2.86. The lowest BCUT2D eigenvalue weighted by Crippen LogP contribution is -2.37. The Hall–Kier alpha value is -3.38. The Morgan fingerprint density at radius 1 is 1.12 bits per heavy atom. The summed E-state index contributed by atoms with van der Waals surface area (Å²) < 4.78 is 30.2. The molecule has 0 spiro atoms. The second-order valence-corrected chi connectivity index (χ2v) is 8.60. The third-order valence-corrected chi connectivity index (χ3v) is 6.57. The molecule has 3 aromatic carbocycles. The number of halogens is 1. The summed E-state index contributed by atoms with van der Waals surface area (Å²) in [4.78, 5) is 12.3. The number of carbonyl (C=O) groups is 1. The maximum absolute atomic E-state index is 13.8. The summed E-state index contributed by atoms with van der Waals surface area (Å²) in [5.41, 5.74) is 4.65. The second-order valence-electron chi connectivity index (χ2n) is 8.60. The Bertz CT molecular complexity index is 1180. The summed E-state index contributed by atoms with van der Waals surface area (Å²) in [5, 5.41) is 3.52. The fourth-order valence-corrected chi connectivity index (χ4v) is 4.65. The number of methoxy groups -OCH3 is 2. The van der Waals surface area contributed by atoms with Crippen molar-refractivity contribution in [1.29, 1.82) is 0 Å². The van der Waals surface area contributed by atoms with Crippen molar-refractivity contribution in [2.75, 3.05) is 20.8 Å². The molecule has 0 fully saturated rings. The maximum atomic E-state index is 13.8. The van der Waals surface area contributed by atoms with Crippen molar-refractivity contribution in [2.45, 2.75) is 38.3 Å². The van der Waals surface area contributed by atoms with E-state index in [4.69, 9.17) is 14.2 Å². The molecule has 0 saturated heterocycles. The molecule has 1 heterocycles. The average Bonchev–Trinajstić information content (AvgIpc) is 2.86. The third kappa shape index (κ3) is 4.77. The highest BCUT2D eigenvalue weighted by Crippen LogP contribution is 2.42. The van der Waals surface area contributed by atoms with Gasteiger partial charge in [0.25, 0.3) is 0 Å². The molecule has 0 bridgehead atoms. The van der Waals surface area contributed by atoms with Gasteiger partial charge in [-0.05, 0) is 61.2 Å². The zero-order chi connectivity index (χ0) is 24.2. The van der Waals surface area contributed by atoms with Crippen molar-refractivity contribution >= 4 is 5.97 Å². The first kappa shape index (κ1) is 23.8. The van der Waals surface area contributed by atoms with E-state index in [-0.39, 0.29) is 35.6 Å². The maximum Gasteiger partial charge on any atom is 0.338 e. The van der Waals surface area contributed by atoms with E-state index >= 15 is 0 Å². The molecule has 178 valence electrons. The molecule has 3 atom stereocenters. The zero-order valence-electron chi connectivity index (χ0n) is 19.9. The molecule has 0 aliphatic carbocycles. The van der Waals surface area contributed by atoms with Crippen molar-refractivity contribution in [3.05, 3.63) is 94.3 Å². The van der Waals surface area contributed by atoms with Gasteiger partial charge in [-0.3, -0.25) is 0 Å². The largest absolute Gasteiger partial charge is 0.494 e. The van der Waals surface area contributed by atoms with Crippen LogP contribution in [0, 0.1) is 12.7 Å². The molecule has 0 radical (unpaired) electrons. The van der Waals surface area contributed by atoms with Crippen molar-refractivity contribution in [3.8, 4) is 11.5 Å². The number of nitrogens with one attached hydrogen (secondary N) is 1. The predicted molar refractivity (Wildman–Crippen MR) is 129 cm³/mol. The third-order valence-electron chi connectivity index (χ3n) is 6.57. The lowest BCUT2D eigenvalue weighted by Gasteiger charge is -2.34. The number of rotatable bonds is 7. The zero-order valence-corrected chi connectivity index (χ0v) is 19.9. The Balaban J connectivity index is 1.56. The average molecular weight is 464 g/mol. The van der Waals surface area contributed by atoms with Crippen LogP contribution < -0.4 is 14.8 Å². The molecule has 1 aliphatic rings. The van der Waals surface area contributed by atoms with Crippen LogP contribution in [-0.2, 0) is 4.74 Å². The van der Waals surface area contributed by atoms with Crippen LogP contribution in [0.1, 0.15) is 57.9 Å². The fraction of sp³-hybridized carbons (Fsp3) is 0.321. The van der Waals surface area contributed by atoms with Crippen molar-refractivity contribution in [1.82, 2.24) is 5.32 Å². The van der Waals surface area contributed by atoms with Gasteiger partial charge in [-0.25, -0.2) is 9.18 Å². The highest BCUT2D eigenvalue weighted by molar-refractivity contribution is 5.91. The van der Waals surface area contributed by atoms with Gasteiger partial charge >= 0.3 is 5.97 Å². The molecule has 0 amide bonds. The van der Waals surface area contributed by atoms with Crippen LogP contribution >= 0.6 is 0 Å². The summed E-state index contributed by atoms with van der Waals surface area (Å²) in [5.74, 6) is 0.460. The van der Waals surface area contributed by atoms with Gasteiger partial charge in [-0.1, -0.05) is 36.4 Å². The van der Waals surface area contributed by atoms with Gasteiger partial charge in [0.2, 0.25) is 0 Å². The minimum absolute atomic E-state index is 0.0156. The monoisotopic (exact) mass is 463 g/mol. The first-order valence-corrected chi connectivity index (χ1v) is 11.4. The smallest absolute Gasteiger partial charge is 0.338 e. The van der Waals surface area contributed by atoms with Crippen LogP contribution in [0.2, 0.25) is 0 Å². The molecule has 5 nitrogen and oxygen atoms in total. The molecule has 0 aromatic heterocycles. The Morgan fingerprint density at radius 3 is 2.65 bits per heavy atom. The number of hydrogen-bond donors (Lipinski definition) is 1. The second kappa shape index (κ2) is 10.3. The van der Waals surface area contributed by atoms with E-state index in [1.54, 1.807) is 18.2 Å². The lowest BCUT2D eigenvalue weighted by molar-refractivity contribution is 0.0599. The molecule has 4 rings (SSSR count). The van der Waals surface area contributed by atoms with Gasteiger partial charge in [0.15, 0.2) is 11.6 Å². The molecule has 1 aliphatic heterocycles. The van der Waals surface area contributed by atoms with E-state index in [0.717, 1.165) is 34.4 Å². The molecule has 6 heteroatoms. The van der Waals surface area contributed by atoms with Gasteiger partial charge in [-0.15, -0.1) is 0 Å².